The lowest BCUT2D eigenvalue weighted by Crippen LogP contribution is -2.29. The molecule has 2 N–H and O–H groups in total. The number of thioether (sulfide) groups is 1. The Bertz CT molecular complexity index is 887. The highest BCUT2D eigenvalue weighted by Gasteiger charge is 2.20. The van der Waals surface area contributed by atoms with Crippen molar-refractivity contribution < 1.29 is 22.0 Å². The van der Waals surface area contributed by atoms with Gasteiger partial charge in [0.1, 0.15) is 0 Å². The Hall–Kier alpha value is -1.97. The van der Waals surface area contributed by atoms with Gasteiger partial charge in [-0.1, -0.05) is 23.9 Å². The van der Waals surface area contributed by atoms with Crippen molar-refractivity contribution in [2.24, 2.45) is 5.14 Å². The first kappa shape index (κ1) is 20.3. The van der Waals surface area contributed by atoms with Gasteiger partial charge < -0.3 is 4.90 Å². The van der Waals surface area contributed by atoms with Crippen LogP contribution < -0.4 is 5.14 Å². The van der Waals surface area contributed by atoms with Crippen molar-refractivity contribution in [1.29, 1.82) is 0 Å². The monoisotopic (exact) mass is 400 g/mol. The molecule has 1 unspecified atom stereocenters. The van der Waals surface area contributed by atoms with Crippen LogP contribution in [0.1, 0.15) is 28.9 Å². The average molecular weight is 400 g/mol. The number of carbonyl (C=O) groups excluding carboxylic acids is 1. The Morgan fingerprint density at radius 2 is 1.77 bits per heavy atom. The van der Waals surface area contributed by atoms with E-state index in [1.807, 2.05) is 0 Å². The van der Waals surface area contributed by atoms with E-state index >= 15 is 0 Å². The SMILES string of the molecule is CC(c1cccc(S(N)(=O)=O)c1)N(C)C(=O)c1ccc(SC(F)F)cc1. The smallest absolute Gasteiger partial charge is 0.288 e. The maximum absolute atomic E-state index is 12.6. The Morgan fingerprint density at radius 1 is 1.15 bits per heavy atom. The number of alkyl halides is 2. The van der Waals surface area contributed by atoms with Gasteiger partial charge in [0, 0.05) is 17.5 Å². The van der Waals surface area contributed by atoms with E-state index in [4.69, 9.17) is 5.14 Å². The number of nitrogens with two attached hydrogens (primary N) is 1. The van der Waals surface area contributed by atoms with Crippen LogP contribution >= 0.6 is 11.8 Å². The topological polar surface area (TPSA) is 80.5 Å². The fourth-order valence-electron chi connectivity index (χ4n) is 2.33. The molecule has 9 heteroatoms. The van der Waals surface area contributed by atoms with Crippen molar-refractivity contribution in [1.82, 2.24) is 4.90 Å². The number of rotatable bonds is 6. The van der Waals surface area contributed by atoms with Crippen molar-refractivity contribution >= 4 is 27.7 Å². The summed E-state index contributed by atoms with van der Waals surface area (Å²) in [6.07, 6.45) is 0. The van der Waals surface area contributed by atoms with Crippen molar-refractivity contribution in [2.45, 2.75) is 28.5 Å². The van der Waals surface area contributed by atoms with Crippen LogP contribution in [0.25, 0.3) is 0 Å². The summed E-state index contributed by atoms with van der Waals surface area (Å²) in [5.41, 5.74) is 0.956. The molecule has 0 aliphatic heterocycles. The van der Waals surface area contributed by atoms with Gasteiger partial charge >= 0.3 is 0 Å². The highest BCUT2D eigenvalue weighted by atomic mass is 32.2. The molecule has 5 nitrogen and oxygen atoms in total. The van der Waals surface area contributed by atoms with Gasteiger partial charge in [-0.2, -0.15) is 8.78 Å². The molecule has 0 aliphatic rings. The van der Waals surface area contributed by atoms with Gasteiger partial charge in [-0.3, -0.25) is 4.79 Å². The van der Waals surface area contributed by atoms with E-state index in [0.29, 0.717) is 27.8 Å². The quantitative estimate of drug-likeness (QED) is 0.753. The van der Waals surface area contributed by atoms with Crippen LogP contribution in [0.5, 0.6) is 0 Å². The molecule has 0 aromatic heterocycles. The molecule has 2 rings (SSSR count). The molecule has 0 radical (unpaired) electrons. The Labute approximate surface area is 155 Å². The van der Waals surface area contributed by atoms with Gasteiger partial charge in [0.15, 0.2) is 0 Å². The zero-order valence-electron chi connectivity index (χ0n) is 14.1. The van der Waals surface area contributed by atoms with Crippen molar-refractivity contribution in [3.8, 4) is 0 Å². The number of carbonyl (C=O) groups is 1. The van der Waals surface area contributed by atoms with Crippen molar-refractivity contribution in [3.05, 3.63) is 59.7 Å². The van der Waals surface area contributed by atoms with Gasteiger partial charge in [-0.15, -0.1) is 0 Å². The highest BCUT2D eigenvalue weighted by Crippen LogP contribution is 2.27. The van der Waals surface area contributed by atoms with E-state index in [2.05, 4.69) is 0 Å². The van der Waals surface area contributed by atoms with Crippen LogP contribution in [0, 0.1) is 0 Å². The summed E-state index contributed by atoms with van der Waals surface area (Å²) in [5, 5.41) is 5.14. The third kappa shape index (κ3) is 5.03. The third-order valence-electron chi connectivity index (χ3n) is 3.90. The molecule has 1 amide bonds. The number of hydrogen-bond acceptors (Lipinski definition) is 4. The van der Waals surface area contributed by atoms with Gasteiger partial charge in [0.05, 0.1) is 10.9 Å². The van der Waals surface area contributed by atoms with Crippen molar-refractivity contribution in [2.75, 3.05) is 7.05 Å². The molecule has 2 aromatic rings. The Kier molecular flexibility index (Phi) is 6.38. The zero-order chi connectivity index (χ0) is 19.5. The van der Waals surface area contributed by atoms with Crippen LogP contribution in [0.2, 0.25) is 0 Å². The van der Waals surface area contributed by atoms with Crippen LogP contribution in [-0.2, 0) is 10.0 Å². The first-order valence-corrected chi connectivity index (χ1v) is 9.97. The third-order valence-corrected chi connectivity index (χ3v) is 5.53. The molecule has 0 aliphatic carbocycles. The molecular formula is C17H18F2N2O3S2. The fraction of sp³-hybridized carbons (Fsp3) is 0.235. The summed E-state index contributed by atoms with van der Waals surface area (Å²) in [6.45, 7) is 1.75. The number of sulfonamides is 1. The summed E-state index contributed by atoms with van der Waals surface area (Å²) < 4.78 is 47.7. The zero-order valence-corrected chi connectivity index (χ0v) is 15.7. The predicted octanol–water partition coefficient (Wildman–Crippen LogP) is 3.48. The van der Waals surface area contributed by atoms with E-state index in [0.717, 1.165) is 0 Å². The number of primary sulfonamides is 1. The van der Waals surface area contributed by atoms with E-state index in [1.54, 1.807) is 26.1 Å². The number of halogens is 2. The van der Waals surface area contributed by atoms with E-state index in [-0.39, 0.29) is 10.8 Å². The maximum Gasteiger partial charge on any atom is 0.288 e. The number of nitrogens with zero attached hydrogens (tertiary/aromatic N) is 1. The van der Waals surface area contributed by atoms with Gasteiger partial charge in [0.25, 0.3) is 11.7 Å². The van der Waals surface area contributed by atoms with Crippen molar-refractivity contribution in [3.63, 3.8) is 0 Å². The standard InChI is InChI=1S/C17H18F2N2O3S2/c1-11(13-4-3-5-15(10-13)26(20,23)24)21(2)16(22)12-6-8-14(9-7-12)25-17(18)19/h3-11,17H,1-2H3,(H2,20,23,24). The van der Waals surface area contributed by atoms with Gasteiger partial charge in [-0.25, -0.2) is 13.6 Å². The summed E-state index contributed by atoms with van der Waals surface area (Å²) in [7, 11) is -2.26. The Balaban J connectivity index is 2.19. The molecule has 0 bridgehead atoms. The lowest BCUT2D eigenvalue weighted by atomic mass is 10.1. The van der Waals surface area contributed by atoms with E-state index in [9.17, 15) is 22.0 Å². The summed E-state index contributed by atoms with van der Waals surface area (Å²) >= 11 is 0.407. The summed E-state index contributed by atoms with van der Waals surface area (Å²) in [4.78, 5) is 14.4. The second-order valence-corrected chi connectivity index (χ2v) is 8.24. The first-order valence-electron chi connectivity index (χ1n) is 7.54. The predicted molar refractivity (Wildman–Crippen MR) is 96.6 cm³/mol. The van der Waals surface area contributed by atoms with Crippen LogP contribution in [0.15, 0.2) is 58.3 Å². The summed E-state index contributed by atoms with van der Waals surface area (Å²) in [6, 6.07) is 11.5. The van der Waals surface area contributed by atoms with Crippen LogP contribution in [0.4, 0.5) is 8.78 Å². The summed E-state index contributed by atoms with van der Waals surface area (Å²) in [5.74, 6) is -2.84. The lowest BCUT2D eigenvalue weighted by Gasteiger charge is -2.26. The minimum atomic E-state index is -3.84. The van der Waals surface area contributed by atoms with E-state index < -0.39 is 21.8 Å². The van der Waals surface area contributed by atoms with Crippen LogP contribution in [0.3, 0.4) is 0 Å². The minimum absolute atomic E-state index is 0.0314. The normalized spacial score (nSPS) is 12.8. The number of amides is 1. The highest BCUT2D eigenvalue weighted by molar-refractivity contribution is 7.99. The van der Waals surface area contributed by atoms with Crippen LogP contribution in [-0.4, -0.2) is 32.0 Å². The minimum Gasteiger partial charge on any atom is -0.335 e. The second kappa shape index (κ2) is 8.15. The molecule has 0 saturated carbocycles. The molecule has 0 heterocycles. The molecule has 0 fully saturated rings. The van der Waals surface area contributed by atoms with E-state index in [1.165, 1.54) is 41.3 Å². The molecule has 26 heavy (non-hydrogen) atoms. The van der Waals surface area contributed by atoms with Gasteiger partial charge in [-0.05, 0) is 48.9 Å². The first-order chi connectivity index (χ1) is 12.1. The Morgan fingerprint density at radius 3 is 2.31 bits per heavy atom. The largest absolute Gasteiger partial charge is 0.335 e. The fourth-order valence-corrected chi connectivity index (χ4v) is 3.40. The number of hydrogen-bond donors (Lipinski definition) is 1. The molecule has 1 atom stereocenters. The average Bonchev–Trinajstić information content (AvgIpc) is 2.59. The number of benzene rings is 2. The second-order valence-electron chi connectivity index (χ2n) is 5.61. The lowest BCUT2D eigenvalue weighted by molar-refractivity contribution is 0.0742. The molecular weight excluding hydrogens is 382 g/mol. The van der Waals surface area contributed by atoms with Gasteiger partial charge in [0.2, 0.25) is 10.0 Å². The molecule has 140 valence electrons. The maximum atomic E-state index is 12.6. The molecule has 0 saturated heterocycles. The molecule has 2 aromatic carbocycles. The molecule has 0 spiro atoms.